The predicted octanol–water partition coefficient (Wildman–Crippen LogP) is 4.41. The van der Waals surface area contributed by atoms with E-state index < -0.39 is 5.97 Å². The van der Waals surface area contributed by atoms with Gasteiger partial charge in [0.05, 0.1) is 6.42 Å². The Kier molecular flexibility index (Phi) is 11.9. The first-order valence-corrected chi connectivity index (χ1v) is 17.3. The number of pyridine rings is 1. The zero-order valence-electron chi connectivity index (χ0n) is 29.1. The number of aromatic nitrogens is 1. The van der Waals surface area contributed by atoms with Crippen molar-refractivity contribution in [2.45, 2.75) is 72.5 Å². The molecule has 0 unspecified atom stereocenters. The Morgan fingerprint density at radius 3 is 2.29 bits per heavy atom. The molecule has 0 radical (unpaired) electrons. The number of rotatable bonds is 12. The van der Waals surface area contributed by atoms with Gasteiger partial charge >= 0.3 is 5.97 Å². The first-order chi connectivity index (χ1) is 23.5. The summed E-state index contributed by atoms with van der Waals surface area (Å²) >= 11 is 0. The van der Waals surface area contributed by atoms with Gasteiger partial charge in [-0.25, -0.2) is 0 Å². The third kappa shape index (κ3) is 8.96. The molecule has 49 heavy (non-hydrogen) atoms. The SMILES string of the molecule is CCN(c1cc(-c2ccc(CN3CCN(C(=O)CCC(=O)O)CC3)cc2)cc(C(=O)NCc2c(C)cc(C)[nH]c2=O)c1C)C1CCOCC1. The van der Waals surface area contributed by atoms with E-state index >= 15 is 0 Å². The Labute approximate surface area is 288 Å². The first-order valence-electron chi connectivity index (χ1n) is 17.3. The number of piperazine rings is 1. The number of aliphatic carboxylic acids is 1. The van der Waals surface area contributed by atoms with Crippen LogP contribution in [0.5, 0.6) is 0 Å². The fraction of sp³-hybridized carbons (Fsp3) is 0.474. The molecule has 3 heterocycles. The van der Waals surface area contributed by atoms with Gasteiger partial charge in [-0.15, -0.1) is 0 Å². The molecular formula is C38H49N5O6. The summed E-state index contributed by atoms with van der Waals surface area (Å²) in [5.74, 6) is -1.28. The van der Waals surface area contributed by atoms with Crippen molar-refractivity contribution in [3.8, 4) is 11.1 Å². The minimum absolute atomic E-state index is 0.0399. The summed E-state index contributed by atoms with van der Waals surface area (Å²) in [7, 11) is 0. The lowest BCUT2D eigenvalue weighted by molar-refractivity contribution is -0.141. The average molecular weight is 672 g/mol. The average Bonchev–Trinajstić information content (AvgIpc) is 3.09. The number of aryl methyl sites for hydroxylation is 2. The summed E-state index contributed by atoms with van der Waals surface area (Å²) in [6.07, 6.45) is 1.75. The van der Waals surface area contributed by atoms with Crippen LogP contribution in [0.2, 0.25) is 0 Å². The monoisotopic (exact) mass is 671 g/mol. The van der Waals surface area contributed by atoms with E-state index in [1.165, 1.54) is 0 Å². The molecule has 1 aromatic heterocycles. The van der Waals surface area contributed by atoms with Crippen LogP contribution in [-0.4, -0.2) is 89.7 Å². The van der Waals surface area contributed by atoms with Gasteiger partial charge in [0.1, 0.15) is 0 Å². The van der Waals surface area contributed by atoms with Gasteiger partial charge in [0.25, 0.3) is 11.5 Å². The number of nitrogens with zero attached hydrogens (tertiary/aromatic N) is 3. The number of carboxylic acid groups (broad SMARTS) is 1. The van der Waals surface area contributed by atoms with E-state index in [4.69, 9.17) is 9.84 Å². The molecule has 3 aromatic rings. The number of hydrogen-bond acceptors (Lipinski definition) is 7. The Bertz CT molecular complexity index is 1700. The number of benzene rings is 2. The van der Waals surface area contributed by atoms with Crippen LogP contribution in [0.4, 0.5) is 5.69 Å². The summed E-state index contributed by atoms with van der Waals surface area (Å²) in [6, 6.07) is 14.8. The van der Waals surface area contributed by atoms with Gasteiger partial charge in [-0.2, -0.15) is 0 Å². The molecule has 0 atom stereocenters. The number of aromatic amines is 1. The second-order valence-corrected chi connectivity index (χ2v) is 13.2. The maximum Gasteiger partial charge on any atom is 0.303 e. The van der Waals surface area contributed by atoms with Crippen molar-refractivity contribution in [3.05, 3.63) is 86.3 Å². The van der Waals surface area contributed by atoms with E-state index in [1.54, 1.807) is 4.90 Å². The molecule has 2 saturated heterocycles. The van der Waals surface area contributed by atoms with Crippen LogP contribution >= 0.6 is 0 Å². The third-order valence-corrected chi connectivity index (χ3v) is 9.80. The van der Waals surface area contributed by atoms with Crippen molar-refractivity contribution < 1.29 is 24.2 Å². The van der Waals surface area contributed by atoms with Gasteiger partial charge in [-0.3, -0.25) is 24.1 Å². The molecule has 262 valence electrons. The van der Waals surface area contributed by atoms with Crippen LogP contribution in [0.1, 0.15) is 70.9 Å². The highest BCUT2D eigenvalue weighted by atomic mass is 16.5. The fourth-order valence-corrected chi connectivity index (χ4v) is 6.98. The topological polar surface area (TPSA) is 135 Å². The van der Waals surface area contributed by atoms with E-state index in [2.05, 4.69) is 57.4 Å². The number of nitrogens with one attached hydrogen (secondary N) is 2. The number of hydrogen-bond donors (Lipinski definition) is 3. The van der Waals surface area contributed by atoms with E-state index in [-0.39, 0.29) is 36.8 Å². The molecule has 2 aromatic carbocycles. The van der Waals surface area contributed by atoms with E-state index in [1.807, 2.05) is 32.9 Å². The maximum absolute atomic E-state index is 13.8. The normalized spacial score (nSPS) is 15.6. The lowest BCUT2D eigenvalue weighted by Crippen LogP contribution is -2.48. The van der Waals surface area contributed by atoms with Crippen LogP contribution in [0.15, 0.2) is 47.3 Å². The number of carbonyl (C=O) groups excluding carboxylic acids is 2. The van der Waals surface area contributed by atoms with Gasteiger partial charge in [0.15, 0.2) is 0 Å². The highest BCUT2D eigenvalue weighted by Crippen LogP contribution is 2.34. The molecule has 2 aliphatic rings. The van der Waals surface area contributed by atoms with Gasteiger partial charge in [-0.05, 0) is 86.6 Å². The standard InChI is InChI=1S/C38H49N5O6/c1-5-43(31-12-18-49-19-13-31)34-22-30(21-32(27(34)4)37(47)39-23-33-25(2)20-26(3)40-38(33)48)29-8-6-28(7-9-29)24-41-14-16-42(17-15-41)35(44)10-11-36(45)46/h6-9,20-22,31H,5,10-19,23-24H2,1-4H3,(H,39,47)(H,40,48)(H,45,46). The van der Waals surface area contributed by atoms with Crippen LogP contribution in [0, 0.1) is 20.8 Å². The Balaban J connectivity index is 1.35. The molecule has 3 N–H and O–H groups in total. The van der Waals surface area contributed by atoms with Crippen molar-refractivity contribution in [2.24, 2.45) is 0 Å². The largest absolute Gasteiger partial charge is 0.481 e. The Morgan fingerprint density at radius 1 is 0.959 bits per heavy atom. The molecule has 2 aliphatic heterocycles. The minimum Gasteiger partial charge on any atom is -0.481 e. The summed E-state index contributed by atoms with van der Waals surface area (Å²) in [5.41, 5.74) is 7.60. The van der Waals surface area contributed by atoms with Gasteiger partial charge < -0.3 is 29.9 Å². The molecule has 5 rings (SSSR count). The predicted molar refractivity (Wildman–Crippen MR) is 190 cm³/mol. The molecular weight excluding hydrogens is 622 g/mol. The number of carbonyl (C=O) groups is 3. The summed E-state index contributed by atoms with van der Waals surface area (Å²) in [6.45, 7) is 13.6. The van der Waals surface area contributed by atoms with E-state index in [0.29, 0.717) is 30.3 Å². The Hall–Kier alpha value is -4.48. The van der Waals surface area contributed by atoms with Crippen molar-refractivity contribution in [2.75, 3.05) is 50.8 Å². The van der Waals surface area contributed by atoms with Gasteiger partial charge in [-0.1, -0.05) is 24.3 Å². The molecule has 11 heteroatoms. The van der Waals surface area contributed by atoms with Crippen LogP contribution < -0.4 is 15.8 Å². The highest BCUT2D eigenvalue weighted by Gasteiger charge is 2.26. The number of H-pyrrole nitrogens is 1. The highest BCUT2D eigenvalue weighted by molar-refractivity contribution is 5.99. The van der Waals surface area contributed by atoms with Crippen molar-refractivity contribution in [1.29, 1.82) is 0 Å². The molecule has 0 bridgehead atoms. The lowest BCUT2D eigenvalue weighted by atomic mass is 9.94. The zero-order chi connectivity index (χ0) is 35.1. The zero-order valence-corrected chi connectivity index (χ0v) is 29.1. The minimum atomic E-state index is -0.954. The second kappa shape index (κ2) is 16.3. The summed E-state index contributed by atoms with van der Waals surface area (Å²) in [5, 5.41) is 11.9. The smallest absolute Gasteiger partial charge is 0.303 e. The van der Waals surface area contributed by atoms with Crippen molar-refractivity contribution >= 4 is 23.5 Å². The molecule has 0 aliphatic carbocycles. The quantitative estimate of drug-likeness (QED) is 0.258. The maximum atomic E-state index is 13.8. The van der Waals surface area contributed by atoms with Crippen LogP contribution in [-0.2, 0) is 27.4 Å². The molecule has 0 saturated carbocycles. The third-order valence-electron chi connectivity index (χ3n) is 9.80. The van der Waals surface area contributed by atoms with Crippen molar-refractivity contribution in [1.82, 2.24) is 20.1 Å². The Morgan fingerprint density at radius 2 is 1.65 bits per heavy atom. The lowest BCUT2D eigenvalue weighted by Gasteiger charge is -2.37. The number of carboxylic acids is 1. The second-order valence-electron chi connectivity index (χ2n) is 13.2. The van der Waals surface area contributed by atoms with E-state index in [9.17, 15) is 19.2 Å². The van der Waals surface area contributed by atoms with Crippen LogP contribution in [0.25, 0.3) is 11.1 Å². The molecule has 0 spiro atoms. The fourth-order valence-electron chi connectivity index (χ4n) is 6.98. The van der Waals surface area contributed by atoms with E-state index in [0.717, 1.165) is 91.4 Å². The summed E-state index contributed by atoms with van der Waals surface area (Å²) in [4.78, 5) is 59.0. The van der Waals surface area contributed by atoms with Crippen molar-refractivity contribution in [3.63, 3.8) is 0 Å². The van der Waals surface area contributed by atoms with Gasteiger partial charge in [0, 0.05) is 94.0 Å². The number of ether oxygens (including phenoxy) is 1. The van der Waals surface area contributed by atoms with Gasteiger partial charge in [0.2, 0.25) is 5.91 Å². The number of anilines is 1. The first kappa shape index (κ1) is 35.8. The van der Waals surface area contributed by atoms with Crippen LogP contribution in [0.3, 0.4) is 0 Å². The molecule has 2 fully saturated rings. The molecule has 2 amide bonds. The summed E-state index contributed by atoms with van der Waals surface area (Å²) < 4.78 is 5.66. The number of amides is 2. The molecule has 11 nitrogen and oxygen atoms in total.